The molecule has 21 heavy (non-hydrogen) atoms. The van der Waals surface area contributed by atoms with Crippen LogP contribution in [0.25, 0.3) is 0 Å². The Hall–Kier alpha value is 0.546. The molecule has 2 unspecified atom stereocenters. The van der Waals surface area contributed by atoms with E-state index in [4.69, 9.17) is 0 Å². The second-order valence-electron chi connectivity index (χ2n) is 4.23. The first-order chi connectivity index (χ1) is 9.54. The molecule has 0 saturated carbocycles. The van der Waals surface area contributed by atoms with Gasteiger partial charge >= 0.3 is 33.3 Å². The summed E-state index contributed by atoms with van der Waals surface area (Å²) in [6.07, 6.45) is 8.42. The largest absolute Gasteiger partial charge is 2.00 e. The molecule has 0 aromatic rings. The summed E-state index contributed by atoms with van der Waals surface area (Å²) in [5.74, 6) is 0. The predicted molar refractivity (Wildman–Crippen MR) is 75.4 cm³/mol. The first kappa shape index (κ1) is 26.4. The van der Waals surface area contributed by atoms with E-state index in [2.05, 4.69) is 22.9 Å². The predicted octanol–water partition coefficient (Wildman–Crippen LogP) is 3.20. The summed E-state index contributed by atoms with van der Waals surface area (Å²) >= 11 is 0. The van der Waals surface area contributed by atoms with Gasteiger partial charge in [-0.3, -0.25) is 0 Å². The maximum Gasteiger partial charge on any atom is 2.00 e. The Morgan fingerprint density at radius 3 is 1.29 bits per heavy atom. The van der Waals surface area contributed by atoms with Gasteiger partial charge in [0.2, 0.25) is 0 Å². The van der Waals surface area contributed by atoms with E-state index in [9.17, 15) is 18.9 Å². The molecule has 0 saturated heterocycles. The van der Waals surface area contributed by atoms with Gasteiger partial charge in [-0.15, -0.1) is 9.05 Å². The molecule has 0 bridgehead atoms. The Morgan fingerprint density at radius 2 is 1.05 bits per heavy atom. The molecule has 0 aliphatic heterocycles. The van der Waals surface area contributed by atoms with Crippen molar-refractivity contribution in [2.24, 2.45) is 0 Å². The molecular formula is C12H26CoO6P2+2. The summed E-state index contributed by atoms with van der Waals surface area (Å²) in [4.78, 5) is 19.7. The monoisotopic (exact) mass is 387 g/mol. The summed E-state index contributed by atoms with van der Waals surface area (Å²) in [7, 11) is -5.24. The molecule has 2 atom stereocenters. The second-order valence-corrected chi connectivity index (χ2v) is 5.65. The van der Waals surface area contributed by atoms with Gasteiger partial charge < -0.3 is 9.79 Å². The molecule has 0 aromatic heterocycles. The molecule has 0 heterocycles. The van der Waals surface area contributed by atoms with E-state index in [1.165, 1.54) is 0 Å². The molecule has 0 amide bonds. The Kier molecular flexibility index (Phi) is 28.7. The molecule has 0 aliphatic rings. The van der Waals surface area contributed by atoms with E-state index < -0.39 is 16.5 Å². The van der Waals surface area contributed by atoms with Crippen LogP contribution in [-0.4, -0.2) is 13.2 Å². The molecular weight excluding hydrogens is 361 g/mol. The first-order valence-corrected chi connectivity index (χ1v) is 9.28. The van der Waals surface area contributed by atoms with Crippen molar-refractivity contribution < 1.29 is 44.7 Å². The minimum absolute atomic E-state index is 0. The Bertz CT molecular complexity index is 220. The van der Waals surface area contributed by atoms with Crippen LogP contribution in [0.2, 0.25) is 0 Å². The first-order valence-electron chi connectivity index (χ1n) is 7.09. The third-order valence-corrected chi connectivity index (χ3v) is 3.18. The fourth-order valence-electron chi connectivity index (χ4n) is 1.34. The topological polar surface area (TPSA) is 98.7 Å². The average molecular weight is 387 g/mol. The minimum Gasteiger partial charge on any atom is -0.566 e. The molecule has 127 valence electrons. The second kappa shape index (κ2) is 22.8. The Morgan fingerprint density at radius 1 is 0.714 bits per heavy atom. The van der Waals surface area contributed by atoms with Gasteiger partial charge in [0.05, 0.1) is 0 Å². The van der Waals surface area contributed by atoms with Crippen molar-refractivity contribution in [2.75, 3.05) is 13.2 Å². The summed E-state index contributed by atoms with van der Waals surface area (Å²) in [6, 6.07) is 0. The molecule has 0 spiro atoms. The van der Waals surface area contributed by atoms with Crippen molar-refractivity contribution in [3.05, 3.63) is 0 Å². The molecule has 0 aromatic carbocycles. The number of hydrogen-bond donors (Lipinski definition) is 0. The summed E-state index contributed by atoms with van der Waals surface area (Å²) in [5.41, 5.74) is 0. The van der Waals surface area contributed by atoms with Crippen molar-refractivity contribution in [3.8, 4) is 0 Å². The molecule has 1 radical (unpaired) electrons. The van der Waals surface area contributed by atoms with Crippen LogP contribution >= 0.6 is 16.5 Å². The minimum atomic E-state index is -2.62. The Labute approximate surface area is 140 Å². The zero-order valence-corrected chi connectivity index (χ0v) is 15.6. The molecule has 0 aliphatic carbocycles. The molecule has 0 fully saturated rings. The van der Waals surface area contributed by atoms with Gasteiger partial charge in [-0.05, 0) is 22.0 Å². The van der Waals surface area contributed by atoms with Crippen LogP contribution < -0.4 is 9.79 Å². The van der Waals surface area contributed by atoms with Gasteiger partial charge in [-0.1, -0.05) is 52.4 Å². The fraction of sp³-hybridized carbons (Fsp3) is 1.00. The van der Waals surface area contributed by atoms with Gasteiger partial charge in [0.25, 0.3) is 0 Å². The van der Waals surface area contributed by atoms with Crippen molar-refractivity contribution in [1.82, 2.24) is 0 Å². The van der Waals surface area contributed by atoms with Crippen LogP contribution in [0.1, 0.15) is 65.2 Å². The van der Waals surface area contributed by atoms with E-state index in [0.29, 0.717) is 13.2 Å². The van der Waals surface area contributed by atoms with Gasteiger partial charge in [-0.2, -0.15) is 0 Å². The van der Waals surface area contributed by atoms with Gasteiger partial charge in [-0.25, -0.2) is 0 Å². The zero-order chi connectivity index (χ0) is 15.6. The average Bonchev–Trinajstić information content (AvgIpc) is 2.38. The van der Waals surface area contributed by atoms with Gasteiger partial charge in [0, 0.05) is 0 Å². The molecule has 0 rings (SSSR count). The maximum atomic E-state index is 9.85. The van der Waals surface area contributed by atoms with Gasteiger partial charge in [0.15, 0.2) is 0 Å². The van der Waals surface area contributed by atoms with E-state index in [-0.39, 0.29) is 16.8 Å². The zero-order valence-electron chi connectivity index (χ0n) is 12.7. The van der Waals surface area contributed by atoms with E-state index in [1.54, 1.807) is 0 Å². The van der Waals surface area contributed by atoms with Crippen LogP contribution in [0.15, 0.2) is 0 Å². The SMILES string of the molecule is CCCCCCO[P+](=O)[O-].CCCCCCO[P+](=O)[O-].[Co+2]. The third kappa shape index (κ3) is 33.4. The van der Waals surface area contributed by atoms with Crippen molar-refractivity contribution in [2.45, 2.75) is 65.2 Å². The number of rotatable bonds is 12. The van der Waals surface area contributed by atoms with E-state index in [1.807, 2.05) is 0 Å². The number of hydrogen-bond acceptors (Lipinski definition) is 6. The van der Waals surface area contributed by atoms with Gasteiger partial charge in [0.1, 0.15) is 13.2 Å². The standard InChI is InChI=1S/2C6H13O3P.Co/c2*1-2-3-4-5-6-9-10(7)8;/h2*2-6H2,1H3;/q;;+2. The Balaban J connectivity index is -0.000000295. The summed E-state index contributed by atoms with van der Waals surface area (Å²) < 4.78 is 28.4. The maximum absolute atomic E-state index is 9.85. The van der Waals surface area contributed by atoms with Crippen LogP contribution in [0, 0.1) is 0 Å². The normalized spacial score (nSPS) is 11.0. The van der Waals surface area contributed by atoms with Crippen LogP contribution in [0.5, 0.6) is 0 Å². The van der Waals surface area contributed by atoms with Crippen LogP contribution in [0.3, 0.4) is 0 Å². The van der Waals surface area contributed by atoms with Crippen LogP contribution in [0.4, 0.5) is 0 Å². The van der Waals surface area contributed by atoms with Crippen LogP contribution in [-0.2, 0) is 35.0 Å². The third-order valence-electron chi connectivity index (χ3n) is 2.39. The molecule has 0 N–H and O–H groups in total. The summed E-state index contributed by atoms with van der Waals surface area (Å²) in [6.45, 7) is 4.90. The van der Waals surface area contributed by atoms with Crippen molar-refractivity contribution in [1.29, 1.82) is 0 Å². The van der Waals surface area contributed by atoms with Crippen molar-refractivity contribution in [3.63, 3.8) is 0 Å². The molecule has 9 heteroatoms. The number of unbranched alkanes of at least 4 members (excludes halogenated alkanes) is 6. The van der Waals surface area contributed by atoms with Crippen molar-refractivity contribution >= 4 is 16.5 Å². The molecule has 6 nitrogen and oxygen atoms in total. The smallest absolute Gasteiger partial charge is 0.566 e. The summed E-state index contributed by atoms with van der Waals surface area (Å²) in [5, 5.41) is 0. The van der Waals surface area contributed by atoms with E-state index in [0.717, 1.165) is 51.4 Å². The fourth-order valence-corrected chi connectivity index (χ4v) is 1.89. The quantitative estimate of drug-likeness (QED) is 0.377. The van der Waals surface area contributed by atoms with E-state index >= 15 is 0 Å².